The summed E-state index contributed by atoms with van der Waals surface area (Å²) in [6, 6.07) is 4.18. The maximum Gasteiger partial charge on any atom is 0.301 e. The van der Waals surface area contributed by atoms with Crippen LogP contribution in [0.1, 0.15) is 37.5 Å². The summed E-state index contributed by atoms with van der Waals surface area (Å²) in [5.41, 5.74) is 4.14. The number of aryl methyl sites for hydroxylation is 3. The van der Waals surface area contributed by atoms with Gasteiger partial charge in [0.2, 0.25) is 0 Å². The number of amidine groups is 1. The predicted molar refractivity (Wildman–Crippen MR) is 82.9 cm³/mol. The first kappa shape index (κ1) is 15.5. The molecule has 21 heavy (non-hydrogen) atoms. The van der Waals surface area contributed by atoms with Crippen molar-refractivity contribution in [3.8, 4) is 0 Å². The number of carbonyl (C=O) groups excluding carboxylic acids is 1. The third kappa shape index (κ3) is 2.80. The van der Waals surface area contributed by atoms with Gasteiger partial charge in [-0.05, 0) is 52.7 Å². The Balaban J connectivity index is 2.61. The lowest BCUT2D eigenvalue weighted by molar-refractivity contribution is -0.588. The fourth-order valence-corrected chi connectivity index (χ4v) is 3.25. The highest BCUT2D eigenvalue weighted by Gasteiger charge is 2.39. The molecule has 1 aliphatic heterocycles. The van der Waals surface area contributed by atoms with Crippen LogP contribution in [0.15, 0.2) is 12.1 Å². The molecule has 0 unspecified atom stereocenters. The topological polar surface area (TPSA) is 46.4 Å². The molecule has 0 aromatic heterocycles. The van der Waals surface area contributed by atoms with E-state index in [0.29, 0.717) is 13.1 Å². The van der Waals surface area contributed by atoms with Gasteiger partial charge in [-0.25, -0.2) is 4.90 Å². The average molecular weight is 288 g/mol. The molecule has 2 rings (SSSR count). The molecule has 4 nitrogen and oxygen atoms in total. The minimum Gasteiger partial charge on any atom is -0.538 e. The molecular formula is C17H24N2O2. The van der Waals surface area contributed by atoms with Crippen LogP contribution in [0.25, 0.3) is 0 Å². The summed E-state index contributed by atoms with van der Waals surface area (Å²) >= 11 is 0. The minimum atomic E-state index is -1.11. The van der Waals surface area contributed by atoms with Gasteiger partial charge in [-0.15, -0.1) is 0 Å². The van der Waals surface area contributed by atoms with E-state index in [1.807, 2.05) is 44.1 Å². The molecular weight excluding hydrogens is 264 g/mol. The Morgan fingerprint density at radius 1 is 1.19 bits per heavy atom. The zero-order chi connectivity index (χ0) is 15.9. The van der Waals surface area contributed by atoms with E-state index in [4.69, 9.17) is 0 Å². The van der Waals surface area contributed by atoms with Crippen LogP contribution in [0.5, 0.6) is 0 Å². The summed E-state index contributed by atoms with van der Waals surface area (Å²) in [5, 5.41) is 11.7. The van der Waals surface area contributed by atoms with Gasteiger partial charge >= 0.3 is 5.84 Å². The molecule has 0 saturated carbocycles. The summed E-state index contributed by atoms with van der Waals surface area (Å²) in [7, 11) is 0. The molecule has 4 heteroatoms. The number of hydrogen-bond acceptors (Lipinski definition) is 3. The second-order valence-corrected chi connectivity index (χ2v) is 6.83. The Bertz CT molecular complexity index is 601. The highest BCUT2D eigenvalue weighted by molar-refractivity contribution is 6.37. The zero-order valence-electron chi connectivity index (χ0n) is 13.8. The van der Waals surface area contributed by atoms with Crippen molar-refractivity contribution in [2.45, 2.75) is 47.1 Å². The summed E-state index contributed by atoms with van der Waals surface area (Å²) in [6.45, 7) is 13.5. The summed E-state index contributed by atoms with van der Waals surface area (Å²) in [5.74, 6) is -0.834. The average Bonchev–Trinajstić information content (AvgIpc) is 2.71. The molecule has 0 bridgehead atoms. The maximum atomic E-state index is 11.7. The molecule has 1 heterocycles. The molecule has 1 aliphatic rings. The van der Waals surface area contributed by atoms with Gasteiger partial charge in [-0.2, -0.15) is 0 Å². The Labute approximate surface area is 126 Å². The van der Waals surface area contributed by atoms with Gasteiger partial charge in [-0.1, -0.05) is 17.7 Å². The van der Waals surface area contributed by atoms with Crippen LogP contribution in [0.3, 0.4) is 0 Å². The number of hydrogen-bond donors (Lipinski definition) is 0. The molecule has 0 spiro atoms. The molecule has 0 radical (unpaired) electrons. The Morgan fingerprint density at radius 3 is 2.14 bits per heavy atom. The lowest BCUT2D eigenvalue weighted by Crippen LogP contribution is -2.48. The van der Waals surface area contributed by atoms with Crippen molar-refractivity contribution in [1.29, 1.82) is 0 Å². The van der Waals surface area contributed by atoms with Gasteiger partial charge in [-0.3, -0.25) is 4.58 Å². The number of nitrogens with zero attached hydrogens (tertiary/aromatic N) is 2. The van der Waals surface area contributed by atoms with E-state index in [1.165, 1.54) is 5.56 Å². The van der Waals surface area contributed by atoms with Gasteiger partial charge in [0.1, 0.15) is 18.8 Å². The smallest absolute Gasteiger partial charge is 0.301 e. The molecule has 114 valence electrons. The van der Waals surface area contributed by atoms with E-state index in [2.05, 4.69) is 19.1 Å². The Hall–Kier alpha value is -1.84. The first-order chi connectivity index (χ1) is 9.62. The minimum absolute atomic E-state index is 0.239. The van der Waals surface area contributed by atoms with Gasteiger partial charge in [0.15, 0.2) is 5.97 Å². The number of rotatable bonds is 2. The third-order valence-electron chi connectivity index (χ3n) is 3.96. The maximum absolute atomic E-state index is 11.7. The van der Waals surface area contributed by atoms with E-state index in [0.717, 1.165) is 16.8 Å². The van der Waals surface area contributed by atoms with E-state index >= 15 is 0 Å². The van der Waals surface area contributed by atoms with Crippen molar-refractivity contribution in [3.05, 3.63) is 28.8 Å². The van der Waals surface area contributed by atoms with Gasteiger partial charge in [0.05, 0.1) is 5.54 Å². The first-order valence-corrected chi connectivity index (χ1v) is 7.34. The monoisotopic (exact) mass is 288 g/mol. The van der Waals surface area contributed by atoms with Gasteiger partial charge in [0.25, 0.3) is 0 Å². The van der Waals surface area contributed by atoms with Crippen LogP contribution in [-0.4, -0.2) is 35.0 Å². The fraction of sp³-hybridized carbons (Fsp3) is 0.529. The van der Waals surface area contributed by atoms with Crippen molar-refractivity contribution in [2.24, 2.45) is 0 Å². The van der Waals surface area contributed by atoms with Crippen LogP contribution in [-0.2, 0) is 4.79 Å². The number of benzene rings is 1. The molecule has 0 aliphatic carbocycles. The van der Waals surface area contributed by atoms with E-state index in [1.54, 1.807) is 0 Å². The fourth-order valence-electron chi connectivity index (χ4n) is 3.25. The van der Waals surface area contributed by atoms with Gasteiger partial charge < -0.3 is 9.90 Å². The second kappa shape index (κ2) is 5.17. The molecule has 0 fully saturated rings. The SMILES string of the molecule is Cc1cc(C)c(N2CC[N+](C(C)(C)C)=C2C(=O)[O-])c(C)c1. The standard InChI is InChI=1S/C17H24N2O2/c1-11-9-12(2)14(13(3)10-11)18-7-8-19(17(4,5)6)15(18)16(20)21/h9-10H,7-8H2,1-6H3. The zero-order valence-corrected chi connectivity index (χ0v) is 13.8. The van der Waals surface area contributed by atoms with Crippen LogP contribution >= 0.6 is 0 Å². The van der Waals surface area contributed by atoms with Crippen LogP contribution in [0.2, 0.25) is 0 Å². The molecule has 1 aromatic rings. The molecule has 0 saturated heterocycles. The highest BCUT2D eigenvalue weighted by Crippen LogP contribution is 2.29. The molecule has 0 N–H and O–H groups in total. The Kier molecular flexibility index (Phi) is 3.83. The van der Waals surface area contributed by atoms with Gasteiger partial charge in [0, 0.05) is 0 Å². The summed E-state index contributed by atoms with van der Waals surface area (Å²) in [4.78, 5) is 13.6. The van der Waals surface area contributed by atoms with Crippen LogP contribution in [0, 0.1) is 20.8 Å². The second-order valence-electron chi connectivity index (χ2n) is 6.83. The largest absolute Gasteiger partial charge is 0.538 e. The molecule has 0 atom stereocenters. The van der Waals surface area contributed by atoms with Crippen molar-refractivity contribution >= 4 is 17.5 Å². The number of carbonyl (C=O) groups is 1. The molecule has 1 aromatic carbocycles. The number of carboxylic acid groups (broad SMARTS) is 1. The normalized spacial score (nSPS) is 15.8. The van der Waals surface area contributed by atoms with Crippen molar-refractivity contribution in [3.63, 3.8) is 0 Å². The lowest BCUT2D eigenvalue weighted by atomic mass is 10.0. The number of anilines is 1. The van der Waals surface area contributed by atoms with E-state index in [9.17, 15) is 9.90 Å². The van der Waals surface area contributed by atoms with E-state index < -0.39 is 5.97 Å². The Morgan fingerprint density at radius 2 is 1.71 bits per heavy atom. The van der Waals surface area contributed by atoms with E-state index in [-0.39, 0.29) is 11.4 Å². The highest BCUT2D eigenvalue weighted by atomic mass is 16.4. The van der Waals surface area contributed by atoms with Crippen LogP contribution in [0.4, 0.5) is 5.69 Å². The lowest BCUT2D eigenvalue weighted by Gasteiger charge is -2.22. The summed E-state index contributed by atoms with van der Waals surface area (Å²) in [6.07, 6.45) is 0. The van der Waals surface area contributed by atoms with Crippen LogP contribution < -0.4 is 10.0 Å². The summed E-state index contributed by atoms with van der Waals surface area (Å²) < 4.78 is 1.92. The van der Waals surface area contributed by atoms with Crippen molar-refractivity contribution in [2.75, 3.05) is 18.0 Å². The van der Waals surface area contributed by atoms with Crippen molar-refractivity contribution in [1.82, 2.24) is 0 Å². The molecule has 0 amide bonds. The predicted octanol–water partition coefficient (Wildman–Crippen LogP) is 1.39. The quantitative estimate of drug-likeness (QED) is 0.773. The first-order valence-electron chi connectivity index (χ1n) is 7.34. The van der Waals surface area contributed by atoms with Crippen molar-refractivity contribution < 1.29 is 14.5 Å². The number of carboxylic acids is 1. The third-order valence-corrected chi connectivity index (χ3v) is 3.96. The number of aliphatic carboxylic acids is 1.